The molecule has 9 rings (SSSR count). The largest absolute Gasteiger partial charge is 0.458 e. The molecule has 3 unspecified atom stereocenters. The Hall–Kier alpha value is -8.47. The van der Waals surface area contributed by atoms with Crippen LogP contribution in [-0.4, -0.2) is 114 Å². The zero-order chi connectivity index (χ0) is 54.5. The van der Waals surface area contributed by atoms with Crippen LogP contribution in [0.5, 0.6) is 0 Å². The van der Waals surface area contributed by atoms with Gasteiger partial charge in [0.1, 0.15) is 25.2 Å². The van der Waals surface area contributed by atoms with E-state index in [1.54, 1.807) is 72.2 Å². The number of benzene rings is 3. The molecular weight excluding hydrogens is 1000 g/mol. The van der Waals surface area contributed by atoms with Crippen molar-refractivity contribution in [1.29, 1.82) is 0 Å². The van der Waals surface area contributed by atoms with Gasteiger partial charge in [0.2, 0.25) is 29.5 Å². The van der Waals surface area contributed by atoms with Crippen molar-refractivity contribution >= 4 is 63.9 Å². The lowest BCUT2D eigenvalue weighted by atomic mass is 9.69. The number of imide groups is 1. The molecule has 5 aromatic rings. The van der Waals surface area contributed by atoms with Crippen LogP contribution < -0.4 is 37.0 Å². The molecule has 5 heterocycles. The smallest absolute Gasteiger partial charge is 0.340 e. The number of carbonyl (C=O) groups is 8. The predicted molar refractivity (Wildman–Crippen MR) is 273 cm³/mol. The number of aliphatic hydroxyl groups excluding tert-OH is 1. The number of aryl methyl sites for hydroxylation is 2. The van der Waals surface area contributed by atoms with Gasteiger partial charge in [0.15, 0.2) is 6.10 Å². The Kier molecular flexibility index (Phi) is 15.8. The minimum Gasteiger partial charge on any atom is -0.458 e. The van der Waals surface area contributed by atoms with E-state index in [0.29, 0.717) is 53.0 Å². The second-order valence-electron chi connectivity index (χ2n) is 19.4. The summed E-state index contributed by atoms with van der Waals surface area (Å²) in [5.41, 5.74) is 5.50. The van der Waals surface area contributed by atoms with Crippen LogP contribution in [0.3, 0.4) is 0 Å². The summed E-state index contributed by atoms with van der Waals surface area (Å²) in [5.74, 6) is -5.14. The van der Waals surface area contributed by atoms with Crippen molar-refractivity contribution in [3.63, 3.8) is 0 Å². The molecule has 0 radical (unpaired) electrons. The number of carbonyl (C=O) groups excluding carboxylic acids is 8. The molecule has 6 N–H and O–H groups in total. The van der Waals surface area contributed by atoms with Crippen LogP contribution in [0.4, 0.5) is 10.1 Å². The first kappa shape index (κ1) is 53.4. The highest BCUT2D eigenvalue weighted by molar-refractivity contribution is 6.28. The molecule has 77 heavy (non-hydrogen) atoms. The molecule has 2 aromatic heterocycles. The van der Waals surface area contributed by atoms with Gasteiger partial charge in [0, 0.05) is 53.0 Å². The van der Waals surface area contributed by atoms with Gasteiger partial charge in [0.05, 0.1) is 74.2 Å². The number of hydrogen-bond acceptors (Lipinski definition) is 14. The summed E-state index contributed by atoms with van der Waals surface area (Å²) in [6.45, 7) is 2.55. The molecule has 0 spiro atoms. The van der Waals surface area contributed by atoms with Crippen LogP contribution in [0.2, 0.25) is 0 Å². The highest BCUT2D eigenvalue weighted by Crippen LogP contribution is 2.48. The number of pyridine rings is 2. The SMILES string of the molecule is Cc1c(F)cc2nc3c(c4c2c1CCC4(C)COCCOCNC(=O)CNC(=O)C(Cc1ccccc1)NC(=O)CNC(=O)CNC(=O)CCc1ccc(N2C(=O)C=CC2=O)cc1)Cn1c-3cc2c(c1=O)COC(=O)C2O. The Bertz CT molecular complexity index is 3310. The summed E-state index contributed by atoms with van der Waals surface area (Å²) in [6, 6.07) is 17.3. The fourth-order valence-electron chi connectivity index (χ4n) is 10.1. The normalized spacial score (nSPS) is 17.3. The molecule has 7 amide bonds. The van der Waals surface area contributed by atoms with Crippen molar-refractivity contribution in [1.82, 2.24) is 36.1 Å². The summed E-state index contributed by atoms with van der Waals surface area (Å²) in [5, 5.41) is 24.0. The first-order valence-corrected chi connectivity index (χ1v) is 25.0. The minimum absolute atomic E-state index is 0.0391. The molecule has 3 atom stereocenters. The van der Waals surface area contributed by atoms with Gasteiger partial charge < -0.3 is 50.5 Å². The van der Waals surface area contributed by atoms with E-state index in [1.807, 2.05) is 6.92 Å². The summed E-state index contributed by atoms with van der Waals surface area (Å²) in [4.78, 5) is 120. The monoisotopic (exact) mass is 1050 g/mol. The van der Waals surface area contributed by atoms with Crippen molar-refractivity contribution in [2.45, 2.75) is 76.7 Å². The zero-order valence-corrected chi connectivity index (χ0v) is 42.1. The van der Waals surface area contributed by atoms with Crippen molar-refractivity contribution in [3.05, 3.63) is 140 Å². The van der Waals surface area contributed by atoms with Gasteiger partial charge in [-0.25, -0.2) is 19.1 Å². The van der Waals surface area contributed by atoms with Crippen molar-refractivity contribution < 1.29 is 62.1 Å². The Morgan fingerprint density at radius 3 is 2.27 bits per heavy atom. The van der Waals surface area contributed by atoms with E-state index in [-0.39, 0.29) is 63.7 Å². The van der Waals surface area contributed by atoms with E-state index < -0.39 is 95.9 Å². The maximum Gasteiger partial charge on any atom is 0.340 e. The zero-order valence-electron chi connectivity index (χ0n) is 42.1. The first-order valence-electron chi connectivity index (χ1n) is 25.0. The number of cyclic esters (lactones) is 1. The topological polar surface area (TPSA) is 283 Å². The molecule has 1 aliphatic carbocycles. The van der Waals surface area contributed by atoms with E-state index in [0.717, 1.165) is 32.5 Å². The van der Waals surface area contributed by atoms with Gasteiger partial charge in [-0.05, 0) is 72.2 Å². The average molecular weight is 1060 g/mol. The number of amides is 7. The van der Waals surface area contributed by atoms with Crippen LogP contribution in [0.15, 0.2) is 83.7 Å². The number of nitrogens with one attached hydrogen (secondary N) is 5. The number of ether oxygens (including phenoxy) is 3. The van der Waals surface area contributed by atoms with Crippen LogP contribution in [0, 0.1) is 12.7 Å². The van der Waals surface area contributed by atoms with Gasteiger partial charge in [0.25, 0.3) is 17.4 Å². The summed E-state index contributed by atoms with van der Waals surface area (Å²) in [7, 11) is 0. The number of aromatic nitrogens is 2. The first-order chi connectivity index (χ1) is 37.0. The number of hydrogen-bond donors (Lipinski definition) is 6. The number of aliphatic hydroxyl groups is 1. The third-order valence-electron chi connectivity index (χ3n) is 14.2. The van der Waals surface area contributed by atoms with Gasteiger partial charge in [-0.15, -0.1) is 0 Å². The summed E-state index contributed by atoms with van der Waals surface area (Å²) in [6.07, 6.45) is 2.32. The average Bonchev–Trinajstić information content (AvgIpc) is 4.05. The van der Waals surface area contributed by atoms with Crippen LogP contribution in [0.25, 0.3) is 22.3 Å². The van der Waals surface area contributed by atoms with E-state index in [4.69, 9.17) is 19.2 Å². The molecule has 0 bridgehead atoms. The maximum absolute atomic E-state index is 15.4. The number of anilines is 1. The summed E-state index contributed by atoms with van der Waals surface area (Å²) >= 11 is 0. The van der Waals surface area contributed by atoms with Gasteiger partial charge in [-0.1, -0.05) is 49.4 Å². The molecule has 400 valence electrons. The van der Waals surface area contributed by atoms with Crippen molar-refractivity contribution in [3.8, 4) is 11.4 Å². The Balaban J connectivity index is 0.715. The molecule has 21 nitrogen and oxygen atoms in total. The van der Waals surface area contributed by atoms with Crippen LogP contribution in [-0.2, 0) is 90.4 Å². The highest BCUT2D eigenvalue weighted by Gasteiger charge is 2.42. The van der Waals surface area contributed by atoms with Crippen molar-refractivity contribution in [2.24, 2.45) is 0 Å². The van der Waals surface area contributed by atoms with Crippen LogP contribution in [0.1, 0.15) is 70.4 Å². The number of rotatable bonds is 21. The lowest BCUT2D eigenvalue weighted by Gasteiger charge is -2.37. The third-order valence-corrected chi connectivity index (χ3v) is 14.2. The van der Waals surface area contributed by atoms with E-state index >= 15 is 4.39 Å². The Morgan fingerprint density at radius 2 is 1.52 bits per heavy atom. The lowest BCUT2D eigenvalue weighted by Crippen LogP contribution is -2.52. The minimum atomic E-state index is -1.62. The van der Waals surface area contributed by atoms with Gasteiger partial charge in [-0.3, -0.25) is 38.4 Å². The second-order valence-corrected chi connectivity index (χ2v) is 19.4. The lowest BCUT2D eigenvalue weighted by molar-refractivity contribution is -0.157. The molecular formula is C55H55FN8O13. The molecule has 3 aromatic carbocycles. The standard InChI is InChI=1S/C55H55FN8O13/c1-30-34-16-17-55(2,49-36-26-63-41(50(36)62-39(48(34)49)22-38(30)56)21-35-37(53(63)73)27-77-54(74)51(35)71)28-75-18-19-76-29-60-44(67)24-59-52(72)40(20-32-6-4-3-5-7-32)61-45(68)25-58-43(66)23-57-42(65)13-10-31-8-11-33(12-9-31)64-46(69)14-15-47(64)70/h3-9,11-12,14-15,21-22,40,51,71H,10,13,16-20,23-29H2,1-2H3,(H,57,65)(H,58,66)(H,59,72)(H,60,67)(H,61,68). The number of halogens is 1. The molecule has 0 saturated carbocycles. The number of nitrogens with zero attached hydrogens (tertiary/aromatic N) is 3. The number of esters is 1. The molecule has 3 aliphatic heterocycles. The molecule has 0 saturated heterocycles. The quantitative estimate of drug-likeness (QED) is 0.0258. The molecule has 22 heteroatoms. The fraction of sp³-hybridized carbons (Fsp3) is 0.345. The molecule has 4 aliphatic rings. The maximum atomic E-state index is 15.4. The van der Waals surface area contributed by atoms with E-state index in [2.05, 4.69) is 26.6 Å². The summed E-state index contributed by atoms with van der Waals surface area (Å²) < 4.78 is 33.8. The fourth-order valence-corrected chi connectivity index (χ4v) is 10.1. The number of fused-ring (bicyclic) bond motifs is 5. The Labute approximate surface area is 439 Å². The highest BCUT2D eigenvalue weighted by atomic mass is 19.1. The third kappa shape index (κ3) is 11.5. The van der Waals surface area contributed by atoms with Crippen molar-refractivity contribution in [2.75, 3.05) is 51.1 Å². The second kappa shape index (κ2) is 22.8. The van der Waals surface area contributed by atoms with Gasteiger partial charge in [-0.2, -0.15) is 0 Å². The molecule has 0 fully saturated rings. The van der Waals surface area contributed by atoms with Gasteiger partial charge >= 0.3 is 5.97 Å². The van der Waals surface area contributed by atoms with Crippen LogP contribution >= 0.6 is 0 Å². The Morgan fingerprint density at radius 1 is 0.831 bits per heavy atom. The van der Waals surface area contributed by atoms with E-state index in [1.165, 1.54) is 18.2 Å². The predicted octanol–water partition coefficient (Wildman–Crippen LogP) is 1.41. The van der Waals surface area contributed by atoms with E-state index in [9.17, 15) is 48.3 Å².